The van der Waals surface area contributed by atoms with E-state index in [2.05, 4.69) is 23.7 Å². The largest absolute Gasteiger partial charge is 0.310 e. The normalized spacial score (nSPS) is 26.8. The van der Waals surface area contributed by atoms with Crippen LogP contribution in [0.3, 0.4) is 0 Å². The Morgan fingerprint density at radius 3 is 2.76 bits per heavy atom. The van der Waals surface area contributed by atoms with E-state index >= 15 is 0 Å². The van der Waals surface area contributed by atoms with Crippen LogP contribution in [0.2, 0.25) is 0 Å². The Kier molecular flexibility index (Phi) is 5.05. The van der Waals surface area contributed by atoms with Gasteiger partial charge in [-0.25, -0.2) is 0 Å². The molecule has 1 saturated heterocycles. The summed E-state index contributed by atoms with van der Waals surface area (Å²) in [7, 11) is 0. The van der Waals surface area contributed by atoms with E-state index < -0.39 is 0 Å². The molecule has 1 aliphatic carbocycles. The SMILES string of the molecule is C=C(CNC1CC1)CN1CCCCCC1CC. The third-order valence-electron chi connectivity index (χ3n) is 4.12. The van der Waals surface area contributed by atoms with Crippen molar-refractivity contribution in [2.75, 3.05) is 19.6 Å². The van der Waals surface area contributed by atoms with Crippen LogP contribution >= 0.6 is 0 Å². The molecule has 0 spiro atoms. The van der Waals surface area contributed by atoms with Gasteiger partial charge in [0.1, 0.15) is 0 Å². The maximum absolute atomic E-state index is 4.24. The molecule has 0 bridgehead atoms. The van der Waals surface area contributed by atoms with Gasteiger partial charge in [-0.2, -0.15) is 0 Å². The lowest BCUT2D eigenvalue weighted by Gasteiger charge is -2.29. The van der Waals surface area contributed by atoms with Gasteiger partial charge in [-0.1, -0.05) is 26.3 Å². The smallest absolute Gasteiger partial charge is 0.0205 e. The Morgan fingerprint density at radius 2 is 2.06 bits per heavy atom. The fraction of sp³-hybridized carbons (Fsp3) is 0.867. The van der Waals surface area contributed by atoms with Crippen LogP contribution in [0, 0.1) is 0 Å². The molecule has 0 aromatic carbocycles. The predicted molar refractivity (Wildman–Crippen MR) is 74.3 cm³/mol. The minimum atomic E-state index is 0.801. The number of hydrogen-bond acceptors (Lipinski definition) is 2. The molecule has 1 heterocycles. The first-order valence-electron chi connectivity index (χ1n) is 7.43. The Bertz CT molecular complexity index is 245. The van der Waals surface area contributed by atoms with E-state index in [9.17, 15) is 0 Å². The lowest BCUT2D eigenvalue weighted by atomic mass is 10.1. The Morgan fingerprint density at radius 1 is 1.24 bits per heavy atom. The molecule has 2 nitrogen and oxygen atoms in total. The minimum absolute atomic E-state index is 0.801. The first kappa shape index (κ1) is 13.1. The highest BCUT2D eigenvalue weighted by atomic mass is 15.2. The maximum Gasteiger partial charge on any atom is 0.0205 e. The third kappa shape index (κ3) is 4.44. The molecular formula is C15H28N2. The molecule has 1 atom stereocenters. The van der Waals surface area contributed by atoms with Crippen molar-refractivity contribution in [1.29, 1.82) is 0 Å². The molecule has 1 saturated carbocycles. The first-order valence-corrected chi connectivity index (χ1v) is 7.43. The van der Waals surface area contributed by atoms with Crippen molar-refractivity contribution in [2.45, 2.75) is 64.0 Å². The molecule has 2 heteroatoms. The molecule has 98 valence electrons. The Labute approximate surface area is 106 Å². The second kappa shape index (κ2) is 6.55. The average molecular weight is 236 g/mol. The van der Waals surface area contributed by atoms with Gasteiger partial charge in [0.2, 0.25) is 0 Å². The summed E-state index contributed by atoms with van der Waals surface area (Å²) in [6, 6.07) is 1.60. The second-order valence-electron chi connectivity index (χ2n) is 5.79. The zero-order valence-electron chi connectivity index (χ0n) is 11.4. The van der Waals surface area contributed by atoms with Crippen LogP contribution in [0.4, 0.5) is 0 Å². The molecule has 0 aromatic rings. The first-order chi connectivity index (χ1) is 8.29. The van der Waals surface area contributed by atoms with Gasteiger partial charge in [0.15, 0.2) is 0 Å². The van der Waals surface area contributed by atoms with Gasteiger partial charge >= 0.3 is 0 Å². The van der Waals surface area contributed by atoms with Crippen LogP contribution in [0.15, 0.2) is 12.2 Å². The summed E-state index contributed by atoms with van der Waals surface area (Å²) in [5, 5.41) is 3.57. The molecule has 1 aliphatic heterocycles. The predicted octanol–water partition coefficient (Wildman–Crippen LogP) is 2.95. The minimum Gasteiger partial charge on any atom is -0.310 e. The maximum atomic E-state index is 4.24. The van der Waals surface area contributed by atoms with Crippen molar-refractivity contribution in [1.82, 2.24) is 10.2 Å². The fourth-order valence-electron chi connectivity index (χ4n) is 2.83. The molecule has 1 unspecified atom stereocenters. The molecular weight excluding hydrogens is 208 g/mol. The topological polar surface area (TPSA) is 15.3 Å². The van der Waals surface area contributed by atoms with Crippen molar-refractivity contribution in [2.24, 2.45) is 0 Å². The van der Waals surface area contributed by atoms with Crippen LogP contribution in [0.25, 0.3) is 0 Å². The van der Waals surface area contributed by atoms with Crippen LogP contribution in [-0.2, 0) is 0 Å². The van der Waals surface area contributed by atoms with Crippen molar-refractivity contribution >= 4 is 0 Å². The van der Waals surface area contributed by atoms with Gasteiger partial charge in [-0.05, 0) is 44.2 Å². The Balaban J connectivity index is 1.74. The summed E-state index contributed by atoms with van der Waals surface area (Å²) >= 11 is 0. The summed E-state index contributed by atoms with van der Waals surface area (Å²) in [5.41, 5.74) is 1.37. The van der Waals surface area contributed by atoms with E-state index in [1.165, 1.54) is 57.1 Å². The van der Waals surface area contributed by atoms with Crippen molar-refractivity contribution in [3.8, 4) is 0 Å². The molecule has 0 aromatic heterocycles. The summed E-state index contributed by atoms with van der Waals surface area (Å²) in [5.74, 6) is 0. The summed E-state index contributed by atoms with van der Waals surface area (Å²) in [4.78, 5) is 2.67. The molecule has 1 N–H and O–H groups in total. The van der Waals surface area contributed by atoms with Crippen LogP contribution < -0.4 is 5.32 Å². The second-order valence-corrected chi connectivity index (χ2v) is 5.79. The van der Waals surface area contributed by atoms with E-state index in [-0.39, 0.29) is 0 Å². The molecule has 0 radical (unpaired) electrons. The third-order valence-corrected chi connectivity index (χ3v) is 4.12. The van der Waals surface area contributed by atoms with Gasteiger partial charge in [0.25, 0.3) is 0 Å². The molecule has 2 fully saturated rings. The van der Waals surface area contributed by atoms with Crippen molar-refractivity contribution in [3.63, 3.8) is 0 Å². The summed E-state index contributed by atoms with van der Waals surface area (Å²) in [6.45, 7) is 9.98. The van der Waals surface area contributed by atoms with E-state index in [1.807, 2.05) is 0 Å². The van der Waals surface area contributed by atoms with Gasteiger partial charge in [-0.3, -0.25) is 4.90 Å². The number of likely N-dealkylation sites (tertiary alicyclic amines) is 1. The zero-order valence-corrected chi connectivity index (χ0v) is 11.4. The lowest BCUT2D eigenvalue weighted by Crippen LogP contribution is -2.37. The highest BCUT2D eigenvalue weighted by Crippen LogP contribution is 2.21. The van der Waals surface area contributed by atoms with Gasteiger partial charge in [0, 0.05) is 25.2 Å². The lowest BCUT2D eigenvalue weighted by molar-refractivity contribution is 0.210. The van der Waals surface area contributed by atoms with Gasteiger partial charge in [-0.15, -0.1) is 0 Å². The van der Waals surface area contributed by atoms with E-state index in [0.717, 1.165) is 25.2 Å². The molecule has 2 aliphatic rings. The number of nitrogens with one attached hydrogen (secondary N) is 1. The standard InChI is InChI=1S/C15H28N2/c1-3-15-7-5-4-6-10-17(15)12-13(2)11-16-14-8-9-14/h14-16H,2-12H2,1H3. The fourth-order valence-corrected chi connectivity index (χ4v) is 2.83. The van der Waals surface area contributed by atoms with E-state index in [1.54, 1.807) is 0 Å². The van der Waals surface area contributed by atoms with Crippen molar-refractivity contribution in [3.05, 3.63) is 12.2 Å². The van der Waals surface area contributed by atoms with Gasteiger partial charge < -0.3 is 5.32 Å². The highest BCUT2D eigenvalue weighted by molar-refractivity contribution is 5.02. The molecule has 0 amide bonds. The molecule has 2 rings (SSSR count). The molecule has 17 heavy (non-hydrogen) atoms. The van der Waals surface area contributed by atoms with E-state index in [0.29, 0.717) is 0 Å². The zero-order chi connectivity index (χ0) is 12.1. The van der Waals surface area contributed by atoms with Crippen molar-refractivity contribution < 1.29 is 0 Å². The Hall–Kier alpha value is -0.340. The highest BCUT2D eigenvalue weighted by Gasteiger charge is 2.22. The quantitative estimate of drug-likeness (QED) is 0.713. The number of hydrogen-bond donors (Lipinski definition) is 1. The van der Waals surface area contributed by atoms with E-state index in [4.69, 9.17) is 0 Å². The van der Waals surface area contributed by atoms with Crippen LogP contribution in [0.5, 0.6) is 0 Å². The van der Waals surface area contributed by atoms with Crippen LogP contribution in [0.1, 0.15) is 51.9 Å². The summed E-state index contributed by atoms with van der Waals surface area (Å²) < 4.78 is 0. The number of rotatable bonds is 6. The van der Waals surface area contributed by atoms with Crippen LogP contribution in [-0.4, -0.2) is 36.6 Å². The monoisotopic (exact) mass is 236 g/mol. The number of nitrogens with zero attached hydrogens (tertiary/aromatic N) is 1. The van der Waals surface area contributed by atoms with Gasteiger partial charge in [0.05, 0.1) is 0 Å². The average Bonchev–Trinajstić information content (AvgIpc) is 3.14. The summed E-state index contributed by atoms with van der Waals surface area (Å²) in [6.07, 6.45) is 9.63.